The maximum atomic E-state index is 12.9. The van der Waals surface area contributed by atoms with E-state index in [9.17, 15) is 22.4 Å². The number of amides is 1. The van der Waals surface area contributed by atoms with E-state index in [0.717, 1.165) is 37.1 Å². The fraction of sp³-hybridized carbons (Fsp3) is 0.500. The Morgan fingerprint density at radius 1 is 1.16 bits per heavy atom. The quantitative estimate of drug-likeness (QED) is 0.635. The molecule has 1 rings (SSSR count). The number of hydrogen-bond donors (Lipinski definition) is 2. The van der Waals surface area contributed by atoms with Gasteiger partial charge in [-0.05, 0) is 44.0 Å². The Hall–Kier alpha value is -2.00. The second-order valence-electron chi connectivity index (χ2n) is 5.49. The summed E-state index contributed by atoms with van der Waals surface area (Å²) in [6.07, 6.45) is 1.51. The molecule has 25 heavy (non-hydrogen) atoms. The topological polar surface area (TPSA) is 102 Å². The molecule has 0 fully saturated rings. The molecular weight excluding hydrogens is 351 g/mol. The highest BCUT2D eigenvalue weighted by molar-refractivity contribution is 7.89. The number of rotatable bonds is 9. The van der Waals surface area contributed by atoms with Crippen LogP contribution in [0.15, 0.2) is 29.2 Å². The third-order valence-electron chi connectivity index (χ3n) is 3.51. The minimum absolute atomic E-state index is 0.000560. The van der Waals surface area contributed by atoms with Gasteiger partial charge in [-0.15, -0.1) is 0 Å². The number of halogens is 1. The maximum absolute atomic E-state index is 12.9. The van der Waals surface area contributed by atoms with Crippen molar-refractivity contribution in [3.63, 3.8) is 0 Å². The van der Waals surface area contributed by atoms with Crippen LogP contribution in [0.5, 0.6) is 0 Å². The molecule has 0 saturated carbocycles. The van der Waals surface area contributed by atoms with E-state index in [0.29, 0.717) is 0 Å². The Morgan fingerprint density at radius 2 is 1.72 bits per heavy atom. The van der Waals surface area contributed by atoms with Crippen LogP contribution in [-0.2, 0) is 24.3 Å². The Balaban J connectivity index is 2.56. The standard InChI is InChI=1S/C16H23FN2O5S/c1-4-13(5-2)18-15(20)10-24-16(21)11(3)19-25(22,23)14-8-6-12(17)7-9-14/h6-9,11,13,19H,4-5,10H2,1-3H3,(H,18,20)/t11-/m0/s1. The van der Waals surface area contributed by atoms with Crippen LogP contribution in [-0.4, -0.2) is 39.0 Å². The molecule has 9 heteroatoms. The van der Waals surface area contributed by atoms with Crippen molar-refractivity contribution >= 4 is 21.9 Å². The van der Waals surface area contributed by atoms with Gasteiger partial charge in [0.15, 0.2) is 6.61 Å². The predicted octanol–water partition coefficient (Wildman–Crippen LogP) is 1.34. The number of nitrogens with one attached hydrogen (secondary N) is 2. The summed E-state index contributed by atoms with van der Waals surface area (Å²) in [6, 6.07) is 2.97. The molecule has 0 bridgehead atoms. The van der Waals surface area contributed by atoms with Gasteiger partial charge < -0.3 is 10.1 Å². The second kappa shape index (κ2) is 9.47. The van der Waals surface area contributed by atoms with Crippen molar-refractivity contribution in [3.8, 4) is 0 Å². The van der Waals surface area contributed by atoms with Crippen molar-refractivity contribution < 1.29 is 27.1 Å². The molecule has 0 heterocycles. The van der Waals surface area contributed by atoms with Gasteiger partial charge >= 0.3 is 5.97 Å². The molecule has 2 N–H and O–H groups in total. The smallest absolute Gasteiger partial charge is 0.324 e. The van der Waals surface area contributed by atoms with Crippen LogP contribution in [0, 0.1) is 5.82 Å². The van der Waals surface area contributed by atoms with Crippen LogP contribution in [0.4, 0.5) is 4.39 Å². The molecule has 0 spiro atoms. The molecule has 0 aliphatic carbocycles. The molecule has 0 unspecified atom stereocenters. The first-order valence-corrected chi connectivity index (χ1v) is 9.41. The number of carbonyl (C=O) groups excluding carboxylic acids is 2. The minimum Gasteiger partial charge on any atom is -0.454 e. The lowest BCUT2D eigenvalue weighted by Crippen LogP contribution is -2.42. The first-order chi connectivity index (χ1) is 11.7. The van der Waals surface area contributed by atoms with E-state index in [1.807, 2.05) is 13.8 Å². The molecule has 0 aliphatic heterocycles. The van der Waals surface area contributed by atoms with Crippen molar-refractivity contribution in [1.29, 1.82) is 0 Å². The Bertz CT molecular complexity index is 687. The van der Waals surface area contributed by atoms with E-state index in [4.69, 9.17) is 4.74 Å². The molecule has 7 nitrogen and oxygen atoms in total. The Morgan fingerprint density at radius 3 is 2.24 bits per heavy atom. The highest BCUT2D eigenvalue weighted by atomic mass is 32.2. The molecule has 1 amide bonds. The van der Waals surface area contributed by atoms with Gasteiger partial charge in [-0.25, -0.2) is 12.8 Å². The summed E-state index contributed by atoms with van der Waals surface area (Å²) in [5.74, 6) is -1.91. The van der Waals surface area contributed by atoms with E-state index in [-0.39, 0.29) is 10.9 Å². The first kappa shape index (κ1) is 21.0. The van der Waals surface area contributed by atoms with Crippen LogP contribution in [0.25, 0.3) is 0 Å². The van der Waals surface area contributed by atoms with Crippen molar-refractivity contribution in [3.05, 3.63) is 30.1 Å². The lowest BCUT2D eigenvalue weighted by atomic mass is 10.2. The summed E-state index contributed by atoms with van der Waals surface area (Å²) in [5.41, 5.74) is 0. The van der Waals surface area contributed by atoms with Crippen LogP contribution in [0.2, 0.25) is 0 Å². The summed E-state index contributed by atoms with van der Waals surface area (Å²) < 4.78 is 44.0. The fourth-order valence-corrected chi connectivity index (χ4v) is 3.18. The lowest BCUT2D eigenvalue weighted by Gasteiger charge is -2.16. The summed E-state index contributed by atoms with van der Waals surface area (Å²) in [5, 5.41) is 2.70. The summed E-state index contributed by atoms with van der Waals surface area (Å²) in [7, 11) is -4.00. The van der Waals surface area contributed by atoms with Crippen molar-refractivity contribution in [2.24, 2.45) is 0 Å². The minimum atomic E-state index is -4.00. The Kier molecular flexibility index (Phi) is 7.98. The van der Waals surface area contributed by atoms with E-state index in [1.54, 1.807) is 0 Å². The second-order valence-corrected chi connectivity index (χ2v) is 7.20. The zero-order valence-electron chi connectivity index (χ0n) is 14.4. The average Bonchev–Trinajstić information content (AvgIpc) is 2.57. The average molecular weight is 374 g/mol. The summed E-state index contributed by atoms with van der Waals surface area (Å²) >= 11 is 0. The van der Waals surface area contributed by atoms with Gasteiger partial charge in [-0.2, -0.15) is 4.72 Å². The normalized spacial score (nSPS) is 12.7. The largest absolute Gasteiger partial charge is 0.454 e. The molecule has 0 saturated heterocycles. The third kappa shape index (κ3) is 6.79. The van der Waals surface area contributed by atoms with Crippen molar-refractivity contribution in [2.45, 2.75) is 50.6 Å². The van der Waals surface area contributed by atoms with Gasteiger partial charge in [-0.3, -0.25) is 9.59 Å². The fourth-order valence-electron chi connectivity index (χ4n) is 1.99. The third-order valence-corrected chi connectivity index (χ3v) is 5.06. The van der Waals surface area contributed by atoms with E-state index in [1.165, 1.54) is 6.92 Å². The van der Waals surface area contributed by atoms with E-state index >= 15 is 0 Å². The molecule has 140 valence electrons. The van der Waals surface area contributed by atoms with Gasteiger partial charge in [0.2, 0.25) is 10.0 Å². The molecular formula is C16H23FN2O5S. The Labute approximate surface area is 147 Å². The number of esters is 1. The van der Waals surface area contributed by atoms with Crippen LogP contribution >= 0.6 is 0 Å². The van der Waals surface area contributed by atoms with E-state index in [2.05, 4.69) is 10.0 Å². The number of ether oxygens (including phenoxy) is 1. The first-order valence-electron chi connectivity index (χ1n) is 7.93. The van der Waals surface area contributed by atoms with E-state index < -0.39 is 40.4 Å². The van der Waals surface area contributed by atoms with Gasteiger partial charge in [0.05, 0.1) is 4.90 Å². The number of benzene rings is 1. The van der Waals surface area contributed by atoms with Crippen LogP contribution < -0.4 is 10.0 Å². The highest BCUT2D eigenvalue weighted by Gasteiger charge is 2.24. The van der Waals surface area contributed by atoms with Gasteiger partial charge in [-0.1, -0.05) is 13.8 Å². The van der Waals surface area contributed by atoms with Gasteiger partial charge in [0.25, 0.3) is 5.91 Å². The SMILES string of the molecule is CCC(CC)NC(=O)COC(=O)[C@H](C)NS(=O)(=O)c1ccc(F)cc1. The molecule has 1 aromatic carbocycles. The number of hydrogen-bond acceptors (Lipinski definition) is 5. The number of sulfonamides is 1. The molecule has 1 atom stereocenters. The maximum Gasteiger partial charge on any atom is 0.324 e. The lowest BCUT2D eigenvalue weighted by molar-refractivity contribution is -0.150. The molecule has 0 radical (unpaired) electrons. The predicted molar refractivity (Wildman–Crippen MR) is 89.7 cm³/mol. The van der Waals surface area contributed by atoms with Gasteiger partial charge in [0, 0.05) is 6.04 Å². The van der Waals surface area contributed by atoms with Crippen molar-refractivity contribution in [2.75, 3.05) is 6.61 Å². The van der Waals surface area contributed by atoms with Crippen LogP contribution in [0.3, 0.4) is 0 Å². The zero-order valence-corrected chi connectivity index (χ0v) is 15.2. The van der Waals surface area contributed by atoms with Crippen LogP contribution in [0.1, 0.15) is 33.6 Å². The monoisotopic (exact) mass is 374 g/mol. The summed E-state index contributed by atoms with van der Waals surface area (Å²) in [4.78, 5) is 23.3. The number of carbonyl (C=O) groups is 2. The highest BCUT2D eigenvalue weighted by Crippen LogP contribution is 2.10. The molecule has 1 aromatic rings. The summed E-state index contributed by atoms with van der Waals surface area (Å²) in [6.45, 7) is 4.65. The molecule has 0 aromatic heterocycles. The van der Waals surface area contributed by atoms with Gasteiger partial charge in [0.1, 0.15) is 11.9 Å². The van der Waals surface area contributed by atoms with Crippen molar-refractivity contribution in [1.82, 2.24) is 10.0 Å². The molecule has 0 aliphatic rings. The zero-order chi connectivity index (χ0) is 19.0.